The zero-order chi connectivity index (χ0) is 17.6. The van der Waals surface area contributed by atoms with Crippen LogP contribution < -0.4 is 0 Å². The van der Waals surface area contributed by atoms with Gasteiger partial charge < -0.3 is 9.72 Å². The van der Waals surface area contributed by atoms with E-state index in [1.54, 1.807) is 6.07 Å². The fourth-order valence-corrected chi connectivity index (χ4v) is 6.02. The number of aromatic nitrogens is 1. The Labute approximate surface area is 149 Å². The number of nitrogens with one attached hydrogen (secondary N) is 1. The molecule has 0 radical (unpaired) electrons. The number of aromatic amines is 1. The van der Waals surface area contributed by atoms with Crippen LogP contribution in [0.3, 0.4) is 0 Å². The van der Waals surface area contributed by atoms with Crippen molar-refractivity contribution >= 4 is 32.0 Å². The molecule has 3 nitrogen and oxygen atoms in total. The lowest BCUT2D eigenvalue weighted by Crippen LogP contribution is -2.15. The average Bonchev–Trinajstić information content (AvgIpc) is 3.26. The summed E-state index contributed by atoms with van der Waals surface area (Å²) in [6.45, 7) is 4.82. The molecule has 1 N–H and O–H groups in total. The lowest BCUT2D eigenvalue weighted by Gasteiger charge is -2.25. The molecule has 1 atom stereocenters. The van der Waals surface area contributed by atoms with E-state index >= 15 is 0 Å². The third kappa shape index (κ3) is 2.92. The number of halogens is 1. The Morgan fingerprint density at radius 3 is 2.64 bits per heavy atom. The van der Waals surface area contributed by atoms with E-state index in [4.69, 9.17) is 4.74 Å². The smallest absolute Gasteiger partial charge is 0.147 e. The standard InChI is InChI=1S/C20H27FN2OS/c1-14-12-16(21)20-15(19(14)17-8-4-7-11-24-17)13-18(22-20)25(2,3)23-9-5-6-10-23/h12-13,17,22H,2-11H2,1H3. The van der Waals surface area contributed by atoms with Crippen molar-refractivity contribution in [3.05, 3.63) is 29.1 Å². The van der Waals surface area contributed by atoms with Gasteiger partial charge in [-0.2, -0.15) is 0 Å². The van der Waals surface area contributed by atoms with Crippen LogP contribution in [0.5, 0.6) is 0 Å². The Morgan fingerprint density at radius 2 is 1.96 bits per heavy atom. The van der Waals surface area contributed by atoms with Gasteiger partial charge in [0.05, 0.1) is 16.6 Å². The number of benzene rings is 1. The number of hydrogen-bond acceptors (Lipinski definition) is 2. The first-order chi connectivity index (χ1) is 12.0. The van der Waals surface area contributed by atoms with Crippen LogP contribution in [0, 0.1) is 12.7 Å². The normalized spacial score (nSPS) is 22.7. The third-order valence-corrected chi connectivity index (χ3v) is 7.95. The summed E-state index contributed by atoms with van der Waals surface area (Å²) in [7, 11) is -1.61. The number of fused-ring (bicyclic) bond motifs is 1. The molecular weight excluding hydrogens is 335 g/mol. The molecule has 4 rings (SSSR count). The van der Waals surface area contributed by atoms with Crippen molar-refractivity contribution in [1.29, 1.82) is 0 Å². The first-order valence-corrected chi connectivity index (χ1v) is 11.1. The van der Waals surface area contributed by atoms with Crippen LogP contribution in [0.4, 0.5) is 4.39 Å². The van der Waals surface area contributed by atoms with Crippen molar-refractivity contribution in [2.75, 3.05) is 19.7 Å². The topological polar surface area (TPSA) is 28.3 Å². The SMILES string of the molecule is C=S(=C)(c1cc2c(C3CCCCO3)c(C)cc(F)c2[nH]1)N1CCCC1. The first-order valence-electron chi connectivity index (χ1n) is 9.16. The minimum atomic E-state index is -1.61. The molecule has 3 heterocycles. The van der Waals surface area contributed by atoms with E-state index in [2.05, 4.69) is 27.1 Å². The fraction of sp³-hybridized carbons (Fsp3) is 0.500. The molecule has 2 saturated heterocycles. The molecule has 0 aliphatic carbocycles. The quantitative estimate of drug-likeness (QED) is 0.787. The van der Waals surface area contributed by atoms with Crippen molar-refractivity contribution in [3.8, 4) is 0 Å². The maximum absolute atomic E-state index is 14.7. The van der Waals surface area contributed by atoms with Crippen LogP contribution in [0.25, 0.3) is 10.9 Å². The molecular formula is C20H27FN2OS. The van der Waals surface area contributed by atoms with Gasteiger partial charge in [0.15, 0.2) is 0 Å². The summed E-state index contributed by atoms with van der Waals surface area (Å²) >= 11 is 0. The maximum atomic E-state index is 14.7. The third-order valence-electron chi connectivity index (χ3n) is 5.56. The molecule has 1 aromatic carbocycles. The first kappa shape index (κ1) is 17.1. The molecule has 0 amide bonds. The highest BCUT2D eigenvalue weighted by Gasteiger charge is 2.25. The summed E-state index contributed by atoms with van der Waals surface area (Å²) < 4.78 is 23.0. The summed E-state index contributed by atoms with van der Waals surface area (Å²) in [5.74, 6) is 8.65. The second-order valence-corrected chi connectivity index (χ2v) is 9.99. The van der Waals surface area contributed by atoms with Crippen LogP contribution in [-0.2, 0) is 4.74 Å². The van der Waals surface area contributed by atoms with Gasteiger partial charge in [0.1, 0.15) is 5.82 Å². The van der Waals surface area contributed by atoms with E-state index in [9.17, 15) is 4.39 Å². The van der Waals surface area contributed by atoms with E-state index in [0.29, 0.717) is 5.52 Å². The summed E-state index contributed by atoms with van der Waals surface area (Å²) in [5.41, 5.74) is 2.68. The van der Waals surface area contributed by atoms with E-state index in [1.807, 2.05) is 6.92 Å². The molecule has 1 unspecified atom stereocenters. The van der Waals surface area contributed by atoms with E-state index in [1.165, 1.54) is 12.8 Å². The zero-order valence-electron chi connectivity index (χ0n) is 14.9. The number of nitrogens with zero attached hydrogens (tertiary/aromatic N) is 1. The van der Waals surface area contributed by atoms with Gasteiger partial charge in [-0.25, -0.2) is 4.39 Å². The average molecular weight is 363 g/mol. The van der Waals surface area contributed by atoms with E-state index < -0.39 is 9.39 Å². The van der Waals surface area contributed by atoms with Crippen LogP contribution in [-0.4, -0.2) is 40.7 Å². The largest absolute Gasteiger partial charge is 0.373 e. The molecule has 0 saturated carbocycles. The Bertz CT molecular complexity index is 888. The second kappa shape index (κ2) is 6.45. The van der Waals surface area contributed by atoms with Gasteiger partial charge in [-0.05, 0) is 62.3 Å². The minimum absolute atomic E-state index is 0.0614. The number of rotatable bonds is 3. The van der Waals surface area contributed by atoms with E-state index in [-0.39, 0.29) is 11.9 Å². The number of aryl methyl sites for hydroxylation is 1. The van der Waals surface area contributed by atoms with Crippen LogP contribution in [0.15, 0.2) is 17.2 Å². The highest BCUT2D eigenvalue weighted by molar-refractivity contribution is 8.25. The van der Waals surface area contributed by atoms with Gasteiger partial charge in [-0.1, -0.05) is 11.7 Å². The van der Waals surface area contributed by atoms with Crippen molar-refractivity contribution in [2.45, 2.75) is 50.2 Å². The summed E-state index contributed by atoms with van der Waals surface area (Å²) in [6, 6.07) is 3.72. The van der Waals surface area contributed by atoms with Gasteiger partial charge >= 0.3 is 0 Å². The van der Waals surface area contributed by atoms with Gasteiger partial charge in [-0.3, -0.25) is 4.31 Å². The molecule has 136 valence electrons. The Kier molecular flexibility index (Phi) is 4.42. The number of H-pyrrole nitrogens is 1. The number of ether oxygens (including phenoxy) is 1. The van der Waals surface area contributed by atoms with Crippen molar-refractivity contribution in [1.82, 2.24) is 9.29 Å². The summed E-state index contributed by atoms with van der Waals surface area (Å²) in [5, 5.41) is 1.91. The van der Waals surface area contributed by atoms with Gasteiger partial charge in [-0.15, -0.1) is 9.39 Å². The molecule has 5 heteroatoms. The molecule has 2 aliphatic rings. The van der Waals surface area contributed by atoms with Crippen LogP contribution >= 0.6 is 9.39 Å². The number of hydrogen-bond donors (Lipinski definition) is 1. The molecule has 2 aliphatic heterocycles. The van der Waals surface area contributed by atoms with Gasteiger partial charge in [0.25, 0.3) is 0 Å². The van der Waals surface area contributed by atoms with Gasteiger partial charge in [0.2, 0.25) is 0 Å². The molecule has 25 heavy (non-hydrogen) atoms. The summed E-state index contributed by atoms with van der Waals surface area (Å²) in [4.78, 5) is 3.33. The Balaban J connectivity index is 1.85. The van der Waals surface area contributed by atoms with Crippen molar-refractivity contribution in [2.24, 2.45) is 0 Å². The predicted molar refractivity (Wildman–Crippen MR) is 106 cm³/mol. The summed E-state index contributed by atoms with van der Waals surface area (Å²) in [6.07, 6.45) is 5.71. The fourth-order valence-electron chi connectivity index (χ4n) is 4.16. The lowest BCUT2D eigenvalue weighted by atomic mass is 9.94. The second-order valence-electron chi connectivity index (χ2n) is 7.34. The van der Waals surface area contributed by atoms with Crippen molar-refractivity contribution in [3.63, 3.8) is 0 Å². The highest BCUT2D eigenvalue weighted by atomic mass is 32.2. The Hall–Kier alpha value is -1.30. The molecule has 1 aromatic heterocycles. The zero-order valence-corrected chi connectivity index (χ0v) is 15.8. The van der Waals surface area contributed by atoms with Crippen LogP contribution in [0.1, 0.15) is 49.3 Å². The van der Waals surface area contributed by atoms with E-state index in [0.717, 1.165) is 60.5 Å². The van der Waals surface area contributed by atoms with Gasteiger partial charge in [0, 0.05) is 25.1 Å². The molecule has 2 aromatic rings. The lowest BCUT2D eigenvalue weighted by molar-refractivity contribution is 0.0155. The molecule has 0 spiro atoms. The Morgan fingerprint density at radius 1 is 1.20 bits per heavy atom. The van der Waals surface area contributed by atoms with Crippen LogP contribution in [0.2, 0.25) is 0 Å². The predicted octanol–water partition coefficient (Wildman–Crippen LogP) is 4.90. The maximum Gasteiger partial charge on any atom is 0.147 e. The molecule has 2 fully saturated rings. The monoisotopic (exact) mass is 362 g/mol. The molecule has 0 bridgehead atoms. The minimum Gasteiger partial charge on any atom is -0.373 e. The van der Waals surface area contributed by atoms with Crippen molar-refractivity contribution < 1.29 is 9.13 Å². The highest BCUT2D eigenvalue weighted by Crippen LogP contribution is 2.43.